The van der Waals surface area contributed by atoms with Gasteiger partial charge in [0.2, 0.25) is 11.8 Å². The summed E-state index contributed by atoms with van der Waals surface area (Å²) >= 11 is 18.9. The standard InChI is InChI=1S/C28H30Cl3N3O4S/c1-18(2)32-28(36)20(4)33(16-23-24(30)11-8-12-25(23)31)27(35)17-34(26-14-13-21(29)15-19(26)3)39(37,38)22-9-6-5-7-10-22/h5-15,18,20H,16-17H2,1-4H3,(H,32,36)/t20-/m0/s1. The summed E-state index contributed by atoms with van der Waals surface area (Å²) in [5.74, 6) is -1.02. The number of halogens is 3. The van der Waals surface area contributed by atoms with Crippen LogP contribution < -0.4 is 9.62 Å². The molecule has 0 bridgehead atoms. The van der Waals surface area contributed by atoms with Crippen molar-refractivity contribution >= 4 is 62.3 Å². The number of carbonyl (C=O) groups is 2. The Hall–Kier alpha value is -2.78. The van der Waals surface area contributed by atoms with Gasteiger partial charge in [-0.05, 0) is 75.7 Å². The van der Waals surface area contributed by atoms with Gasteiger partial charge >= 0.3 is 0 Å². The SMILES string of the molecule is Cc1cc(Cl)ccc1N(CC(=O)N(Cc1c(Cl)cccc1Cl)[C@@H](C)C(=O)NC(C)C)S(=O)(=O)c1ccccc1. The van der Waals surface area contributed by atoms with E-state index in [1.54, 1.807) is 82.3 Å². The first-order chi connectivity index (χ1) is 18.3. The van der Waals surface area contributed by atoms with E-state index in [-0.39, 0.29) is 23.2 Å². The molecule has 0 aliphatic heterocycles. The molecule has 0 saturated carbocycles. The molecule has 0 aromatic heterocycles. The molecule has 0 heterocycles. The third-order valence-electron chi connectivity index (χ3n) is 6.03. The number of rotatable bonds is 10. The van der Waals surface area contributed by atoms with Crippen molar-refractivity contribution in [3.63, 3.8) is 0 Å². The first-order valence-corrected chi connectivity index (χ1v) is 14.8. The zero-order valence-corrected chi connectivity index (χ0v) is 25.1. The summed E-state index contributed by atoms with van der Waals surface area (Å²) in [4.78, 5) is 28.3. The van der Waals surface area contributed by atoms with E-state index in [1.165, 1.54) is 17.0 Å². The molecule has 3 rings (SSSR count). The Morgan fingerprint density at radius 3 is 2.08 bits per heavy atom. The minimum Gasteiger partial charge on any atom is -0.352 e. The molecule has 11 heteroatoms. The van der Waals surface area contributed by atoms with Gasteiger partial charge in [-0.25, -0.2) is 8.42 Å². The van der Waals surface area contributed by atoms with Crippen LogP contribution in [0.3, 0.4) is 0 Å². The average Bonchev–Trinajstić information content (AvgIpc) is 2.87. The Balaban J connectivity index is 2.09. The number of nitrogens with one attached hydrogen (secondary N) is 1. The minimum absolute atomic E-state index is 0.0125. The topological polar surface area (TPSA) is 86.8 Å². The number of aryl methyl sites for hydroxylation is 1. The lowest BCUT2D eigenvalue weighted by molar-refractivity contribution is -0.139. The predicted octanol–water partition coefficient (Wildman–Crippen LogP) is 6.09. The third kappa shape index (κ3) is 7.45. The molecule has 2 amide bonds. The summed E-state index contributed by atoms with van der Waals surface area (Å²) in [5, 5.41) is 3.87. The minimum atomic E-state index is -4.18. The fraction of sp³-hybridized carbons (Fsp3) is 0.286. The van der Waals surface area contributed by atoms with Crippen molar-refractivity contribution in [2.24, 2.45) is 0 Å². The van der Waals surface area contributed by atoms with Crippen LogP contribution in [0.4, 0.5) is 5.69 Å². The van der Waals surface area contributed by atoms with Crippen molar-refractivity contribution in [2.75, 3.05) is 10.8 Å². The summed E-state index contributed by atoms with van der Waals surface area (Å²) in [6, 6.07) is 16.4. The molecule has 0 fully saturated rings. The van der Waals surface area contributed by atoms with E-state index < -0.39 is 34.4 Å². The highest BCUT2D eigenvalue weighted by atomic mass is 35.5. The van der Waals surface area contributed by atoms with Crippen molar-refractivity contribution in [1.82, 2.24) is 10.2 Å². The van der Waals surface area contributed by atoms with Crippen LogP contribution in [-0.4, -0.2) is 43.8 Å². The number of anilines is 1. The Labute approximate surface area is 244 Å². The highest BCUT2D eigenvalue weighted by molar-refractivity contribution is 7.92. The smallest absolute Gasteiger partial charge is 0.264 e. The second-order valence-electron chi connectivity index (χ2n) is 9.32. The number of hydrogen-bond acceptors (Lipinski definition) is 4. The summed E-state index contributed by atoms with van der Waals surface area (Å²) in [5.41, 5.74) is 1.28. The lowest BCUT2D eigenvalue weighted by Crippen LogP contribution is -2.52. The number of benzene rings is 3. The van der Waals surface area contributed by atoms with Gasteiger partial charge in [0.05, 0.1) is 10.6 Å². The van der Waals surface area contributed by atoms with Crippen LogP contribution in [0.15, 0.2) is 71.6 Å². The maximum Gasteiger partial charge on any atom is 0.264 e. The molecule has 3 aromatic carbocycles. The Morgan fingerprint density at radius 1 is 0.897 bits per heavy atom. The van der Waals surface area contributed by atoms with Crippen LogP contribution in [0.25, 0.3) is 0 Å². The fourth-order valence-corrected chi connectivity index (χ4v) is 6.22. The van der Waals surface area contributed by atoms with E-state index >= 15 is 0 Å². The summed E-state index contributed by atoms with van der Waals surface area (Å²) in [6.45, 7) is 6.20. The van der Waals surface area contributed by atoms with Crippen LogP contribution in [0, 0.1) is 6.92 Å². The highest BCUT2D eigenvalue weighted by Gasteiger charge is 2.33. The second-order valence-corrected chi connectivity index (χ2v) is 12.4. The van der Waals surface area contributed by atoms with Crippen molar-refractivity contribution in [3.05, 3.63) is 92.9 Å². The van der Waals surface area contributed by atoms with Crippen molar-refractivity contribution < 1.29 is 18.0 Å². The van der Waals surface area contributed by atoms with Gasteiger partial charge in [-0.15, -0.1) is 0 Å². The zero-order valence-electron chi connectivity index (χ0n) is 22.0. The molecule has 0 unspecified atom stereocenters. The lowest BCUT2D eigenvalue weighted by Gasteiger charge is -2.33. The Kier molecular flexibility index (Phi) is 10.3. The summed E-state index contributed by atoms with van der Waals surface area (Å²) in [7, 11) is -4.18. The molecule has 0 spiro atoms. The molecule has 39 heavy (non-hydrogen) atoms. The molecule has 3 aromatic rings. The molecule has 1 atom stereocenters. The van der Waals surface area contributed by atoms with Gasteiger partial charge in [-0.2, -0.15) is 0 Å². The Morgan fingerprint density at radius 2 is 1.51 bits per heavy atom. The van der Waals surface area contributed by atoms with Gasteiger partial charge in [0.1, 0.15) is 12.6 Å². The van der Waals surface area contributed by atoms with Gasteiger partial charge in [0.15, 0.2) is 0 Å². The molecular weight excluding hydrogens is 581 g/mol. The van der Waals surface area contributed by atoms with E-state index in [9.17, 15) is 18.0 Å². The second kappa shape index (κ2) is 13.0. The average molecular weight is 611 g/mol. The molecule has 0 saturated heterocycles. The van der Waals surface area contributed by atoms with Gasteiger partial charge in [-0.3, -0.25) is 13.9 Å². The number of sulfonamides is 1. The maximum absolute atomic E-state index is 14.0. The molecule has 7 nitrogen and oxygen atoms in total. The lowest BCUT2D eigenvalue weighted by atomic mass is 10.1. The molecular formula is C28H30Cl3N3O4S. The third-order valence-corrected chi connectivity index (χ3v) is 8.74. The van der Waals surface area contributed by atoms with Crippen molar-refractivity contribution in [1.29, 1.82) is 0 Å². The number of carbonyl (C=O) groups excluding carboxylic acids is 2. The van der Waals surface area contributed by atoms with Crippen LogP contribution >= 0.6 is 34.8 Å². The first kappa shape index (κ1) is 30.8. The fourth-order valence-electron chi connectivity index (χ4n) is 3.97. The van der Waals surface area contributed by atoms with Crippen LogP contribution in [-0.2, 0) is 26.2 Å². The number of amides is 2. The molecule has 208 valence electrons. The zero-order chi connectivity index (χ0) is 28.9. The van der Waals surface area contributed by atoms with Crippen LogP contribution in [0.5, 0.6) is 0 Å². The normalized spacial score (nSPS) is 12.2. The van der Waals surface area contributed by atoms with Gasteiger partial charge in [-0.1, -0.05) is 59.1 Å². The first-order valence-electron chi connectivity index (χ1n) is 12.2. The largest absolute Gasteiger partial charge is 0.352 e. The van der Waals surface area contributed by atoms with E-state index in [2.05, 4.69) is 5.32 Å². The van der Waals surface area contributed by atoms with Crippen molar-refractivity contribution in [2.45, 2.75) is 51.2 Å². The van der Waals surface area contributed by atoms with Crippen molar-refractivity contribution in [3.8, 4) is 0 Å². The van der Waals surface area contributed by atoms with E-state index in [1.807, 2.05) is 0 Å². The maximum atomic E-state index is 14.0. The monoisotopic (exact) mass is 609 g/mol. The van der Waals surface area contributed by atoms with Gasteiger partial charge in [0, 0.05) is 33.2 Å². The quantitative estimate of drug-likeness (QED) is 0.301. The summed E-state index contributed by atoms with van der Waals surface area (Å²) in [6.07, 6.45) is 0. The van der Waals surface area contributed by atoms with E-state index in [0.717, 1.165) is 4.31 Å². The molecule has 1 N–H and O–H groups in total. The van der Waals surface area contributed by atoms with E-state index in [4.69, 9.17) is 34.8 Å². The van der Waals surface area contributed by atoms with Crippen LogP contribution in [0.2, 0.25) is 15.1 Å². The highest BCUT2D eigenvalue weighted by Crippen LogP contribution is 2.30. The molecule has 0 aliphatic rings. The number of hydrogen-bond donors (Lipinski definition) is 1. The van der Waals surface area contributed by atoms with Gasteiger partial charge < -0.3 is 10.2 Å². The Bertz CT molecular complexity index is 1430. The van der Waals surface area contributed by atoms with Gasteiger partial charge in [0.25, 0.3) is 10.0 Å². The summed E-state index contributed by atoms with van der Waals surface area (Å²) < 4.78 is 28.7. The predicted molar refractivity (Wildman–Crippen MR) is 157 cm³/mol. The number of nitrogens with zero attached hydrogens (tertiary/aromatic N) is 2. The van der Waals surface area contributed by atoms with E-state index in [0.29, 0.717) is 26.2 Å². The van der Waals surface area contributed by atoms with Crippen LogP contribution in [0.1, 0.15) is 31.9 Å². The molecule has 0 radical (unpaired) electrons. The molecule has 0 aliphatic carbocycles.